The summed E-state index contributed by atoms with van der Waals surface area (Å²) in [5, 5.41) is 3.37. The fraction of sp³-hybridized carbons (Fsp3) is 0.211. The third-order valence-corrected chi connectivity index (χ3v) is 3.75. The Labute approximate surface area is 141 Å². The zero-order chi connectivity index (χ0) is 16.8. The molecule has 5 nitrogen and oxygen atoms in total. The van der Waals surface area contributed by atoms with Crippen molar-refractivity contribution >= 4 is 5.95 Å². The minimum atomic E-state index is -0.0268. The van der Waals surface area contributed by atoms with Crippen molar-refractivity contribution in [1.29, 1.82) is 0 Å². The fourth-order valence-electron chi connectivity index (χ4n) is 2.45. The number of aryl methyl sites for hydroxylation is 1. The number of benzene rings is 1. The third kappa shape index (κ3) is 4.07. The average molecular weight is 320 g/mol. The van der Waals surface area contributed by atoms with Crippen molar-refractivity contribution in [3.63, 3.8) is 0 Å². The van der Waals surface area contributed by atoms with Gasteiger partial charge in [-0.15, -0.1) is 0 Å². The quantitative estimate of drug-likeness (QED) is 0.752. The molecule has 0 amide bonds. The van der Waals surface area contributed by atoms with Crippen molar-refractivity contribution in [2.75, 3.05) is 12.4 Å². The van der Waals surface area contributed by atoms with Crippen LogP contribution >= 0.6 is 0 Å². The lowest BCUT2D eigenvalue weighted by molar-refractivity contribution is 0.397. The van der Waals surface area contributed by atoms with Crippen LogP contribution in [0.4, 0.5) is 5.95 Å². The van der Waals surface area contributed by atoms with Crippen LogP contribution < -0.4 is 10.1 Å². The van der Waals surface area contributed by atoms with E-state index in [1.807, 2.05) is 18.2 Å². The molecular weight excluding hydrogens is 300 g/mol. The Balaban J connectivity index is 1.85. The van der Waals surface area contributed by atoms with E-state index >= 15 is 0 Å². The second kappa shape index (κ2) is 7.55. The van der Waals surface area contributed by atoms with E-state index in [1.165, 1.54) is 11.1 Å². The molecule has 1 N–H and O–H groups in total. The van der Waals surface area contributed by atoms with Gasteiger partial charge in [0.1, 0.15) is 0 Å². The smallest absolute Gasteiger partial charge is 0.226 e. The van der Waals surface area contributed by atoms with Gasteiger partial charge in [0.15, 0.2) is 0 Å². The van der Waals surface area contributed by atoms with Gasteiger partial charge in [-0.05, 0) is 31.0 Å². The summed E-state index contributed by atoms with van der Waals surface area (Å²) < 4.78 is 5.17. The highest BCUT2D eigenvalue weighted by Gasteiger charge is 2.15. The molecule has 1 aromatic carbocycles. The standard InChI is InChI=1S/C19H20N4O/c1-14-6-8-15(9-7-14)13-17(16-5-3-4-11-20-16)22-19-21-12-10-18(23-19)24-2/h3-12,17H,13H2,1-2H3,(H,21,22,23). The molecule has 5 heteroatoms. The molecule has 0 bridgehead atoms. The Morgan fingerprint density at radius 3 is 2.54 bits per heavy atom. The van der Waals surface area contributed by atoms with Crippen LogP contribution in [0.3, 0.4) is 0 Å². The number of anilines is 1. The van der Waals surface area contributed by atoms with Crippen molar-refractivity contribution in [2.45, 2.75) is 19.4 Å². The molecule has 1 atom stereocenters. The predicted octanol–water partition coefficient (Wildman–Crippen LogP) is 3.58. The number of hydrogen-bond acceptors (Lipinski definition) is 5. The third-order valence-electron chi connectivity index (χ3n) is 3.75. The predicted molar refractivity (Wildman–Crippen MR) is 94.1 cm³/mol. The van der Waals surface area contributed by atoms with E-state index in [-0.39, 0.29) is 6.04 Å². The first kappa shape index (κ1) is 15.9. The molecule has 2 aromatic heterocycles. The van der Waals surface area contributed by atoms with Gasteiger partial charge in [0, 0.05) is 18.5 Å². The number of nitrogens with one attached hydrogen (secondary N) is 1. The van der Waals surface area contributed by atoms with Gasteiger partial charge < -0.3 is 10.1 Å². The number of ether oxygens (including phenoxy) is 1. The highest BCUT2D eigenvalue weighted by molar-refractivity contribution is 5.33. The summed E-state index contributed by atoms with van der Waals surface area (Å²) >= 11 is 0. The Kier molecular flexibility index (Phi) is 5.01. The van der Waals surface area contributed by atoms with E-state index in [0.717, 1.165) is 12.1 Å². The Morgan fingerprint density at radius 2 is 1.83 bits per heavy atom. The number of nitrogens with zero attached hydrogens (tertiary/aromatic N) is 3. The van der Waals surface area contributed by atoms with Gasteiger partial charge in [0.25, 0.3) is 0 Å². The molecule has 2 heterocycles. The minimum Gasteiger partial charge on any atom is -0.481 e. The van der Waals surface area contributed by atoms with Gasteiger partial charge in [0.2, 0.25) is 11.8 Å². The Morgan fingerprint density at radius 1 is 1.00 bits per heavy atom. The summed E-state index contributed by atoms with van der Waals surface area (Å²) in [6, 6.07) is 16.1. The first-order chi connectivity index (χ1) is 11.7. The lowest BCUT2D eigenvalue weighted by Crippen LogP contribution is -2.17. The Bertz CT molecular complexity index is 775. The summed E-state index contributed by atoms with van der Waals surface area (Å²) in [7, 11) is 1.59. The van der Waals surface area contributed by atoms with Crippen LogP contribution in [0.15, 0.2) is 60.9 Å². The van der Waals surface area contributed by atoms with Gasteiger partial charge >= 0.3 is 0 Å². The van der Waals surface area contributed by atoms with Crippen LogP contribution in [0.2, 0.25) is 0 Å². The second-order valence-corrected chi connectivity index (χ2v) is 5.56. The number of methoxy groups -OCH3 is 1. The molecule has 24 heavy (non-hydrogen) atoms. The van der Waals surface area contributed by atoms with E-state index in [4.69, 9.17) is 4.74 Å². The summed E-state index contributed by atoms with van der Waals surface area (Å²) in [5.41, 5.74) is 3.42. The van der Waals surface area contributed by atoms with Gasteiger partial charge in [-0.3, -0.25) is 4.98 Å². The number of hydrogen-bond donors (Lipinski definition) is 1. The highest BCUT2D eigenvalue weighted by Crippen LogP contribution is 2.21. The lowest BCUT2D eigenvalue weighted by atomic mass is 10.0. The fourth-order valence-corrected chi connectivity index (χ4v) is 2.45. The maximum Gasteiger partial charge on any atom is 0.226 e. The second-order valence-electron chi connectivity index (χ2n) is 5.56. The zero-order valence-corrected chi connectivity index (χ0v) is 13.8. The monoisotopic (exact) mass is 320 g/mol. The molecule has 0 fully saturated rings. The molecule has 3 aromatic rings. The maximum absolute atomic E-state index is 5.17. The molecule has 0 aliphatic heterocycles. The molecule has 0 radical (unpaired) electrons. The van der Waals surface area contributed by atoms with Gasteiger partial charge in [-0.25, -0.2) is 4.98 Å². The van der Waals surface area contributed by atoms with Crippen molar-refractivity contribution in [2.24, 2.45) is 0 Å². The van der Waals surface area contributed by atoms with Crippen molar-refractivity contribution in [3.8, 4) is 5.88 Å². The molecule has 0 saturated carbocycles. The molecule has 0 aliphatic carbocycles. The minimum absolute atomic E-state index is 0.0268. The first-order valence-electron chi connectivity index (χ1n) is 7.84. The van der Waals surface area contributed by atoms with Crippen molar-refractivity contribution in [3.05, 3.63) is 77.7 Å². The first-order valence-corrected chi connectivity index (χ1v) is 7.84. The van der Waals surface area contributed by atoms with Crippen LogP contribution in [0.5, 0.6) is 5.88 Å². The van der Waals surface area contributed by atoms with E-state index in [2.05, 4.69) is 51.5 Å². The van der Waals surface area contributed by atoms with Crippen LogP contribution in [-0.2, 0) is 6.42 Å². The van der Waals surface area contributed by atoms with E-state index < -0.39 is 0 Å². The molecule has 0 spiro atoms. The summed E-state index contributed by atoms with van der Waals surface area (Å²) in [6.07, 6.45) is 4.26. The maximum atomic E-state index is 5.17. The molecule has 3 rings (SSSR count). The van der Waals surface area contributed by atoms with Crippen molar-refractivity contribution in [1.82, 2.24) is 15.0 Å². The van der Waals surface area contributed by atoms with E-state index in [9.17, 15) is 0 Å². The van der Waals surface area contributed by atoms with Gasteiger partial charge in [-0.2, -0.15) is 4.98 Å². The Hall–Kier alpha value is -2.95. The van der Waals surface area contributed by atoms with Crippen LogP contribution in [0, 0.1) is 6.92 Å². The molecule has 0 saturated heterocycles. The van der Waals surface area contributed by atoms with Crippen LogP contribution in [0.25, 0.3) is 0 Å². The largest absolute Gasteiger partial charge is 0.481 e. The van der Waals surface area contributed by atoms with Crippen LogP contribution in [-0.4, -0.2) is 22.1 Å². The molecule has 122 valence electrons. The highest BCUT2D eigenvalue weighted by atomic mass is 16.5. The molecule has 0 aliphatic rings. The topological polar surface area (TPSA) is 59.9 Å². The van der Waals surface area contributed by atoms with Gasteiger partial charge in [-0.1, -0.05) is 35.9 Å². The van der Waals surface area contributed by atoms with E-state index in [0.29, 0.717) is 11.8 Å². The number of rotatable bonds is 6. The average Bonchev–Trinajstić information content (AvgIpc) is 2.64. The summed E-state index contributed by atoms with van der Waals surface area (Å²) in [6.45, 7) is 2.09. The van der Waals surface area contributed by atoms with Crippen LogP contribution in [0.1, 0.15) is 22.9 Å². The summed E-state index contributed by atoms with van der Waals surface area (Å²) in [4.78, 5) is 13.1. The zero-order valence-electron chi connectivity index (χ0n) is 13.8. The lowest BCUT2D eigenvalue weighted by Gasteiger charge is -2.18. The normalized spacial score (nSPS) is 11.8. The molecular formula is C19H20N4O. The summed E-state index contributed by atoms with van der Waals surface area (Å²) in [5.74, 6) is 1.06. The van der Waals surface area contributed by atoms with Crippen molar-refractivity contribution < 1.29 is 4.74 Å². The van der Waals surface area contributed by atoms with E-state index in [1.54, 1.807) is 25.6 Å². The SMILES string of the molecule is COc1ccnc(NC(Cc2ccc(C)cc2)c2ccccn2)n1. The van der Waals surface area contributed by atoms with Gasteiger partial charge in [0.05, 0.1) is 18.8 Å². The molecule has 1 unspecified atom stereocenters. The number of aromatic nitrogens is 3. The number of pyridine rings is 1.